The molecule has 2 N–H and O–H groups in total. The van der Waals surface area contributed by atoms with Crippen molar-refractivity contribution >= 4 is 11.9 Å². The van der Waals surface area contributed by atoms with Crippen molar-refractivity contribution in [1.82, 2.24) is 5.32 Å². The van der Waals surface area contributed by atoms with Crippen LogP contribution < -0.4 is 10.1 Å². The fourth-order valence-corrected chi connectivity index (χ4v) is 1.54. The number of hydrogen-bond acceptors (Lipinski definition) is 3. The number of halogens is 6. The molecule has 128 valence electrons. The zero-order chi connectivity index (χ0) is 17.8. The van der Waals surface area contributed by atoms with E-state index in [0.29, 0.717) is 0 Å². The van der Waals surface area contributed by atoms with Gasteiger partial charge in [0, 0.05) is 0 Å². The van der Waals surface area contributed by atoms with Gasteiger partial charge in [-0.2, -0.15) is 13.2 Å². The van der Waals surface area contributed by atoms with Gasteiger partial charge in [0.15, 0.2) is 0 Å². The summed E-state index contributed by atoms with van der Waals surface area (Å²) in [4.78, 5) is 22.5. The quantitative estimate of drug-likeness (QED) is 0.805. The molecule has 0 radical (unpaired) electrons. The summed E-state index contributed by atoms with van der Waals surface area (Å²) in [6.45, 7) is 0. The fraction of sp³-hybridized carbons (Fsp3) is 0.333. The monoisotopic (exact) mass is 345 g/mol. The van der Waals surface area contributed by atoms with Crippen LogP contribution in [0.2, 0.25) is 0 Å². The van der Waals surface area contributed by atoms with Gasteiger partial charge in [0.1, 0.15) is 11.8 Å². The topological polar surface area (TPSA) is 75.6 Å². The van der Waals surface area contributed by atoms with E-state index in [-0.39, 0.29) is 0 Å². The van der Waals surface area contributed by atoms with Gasteiger partial charge in [0.2, 0.25) is 0 Å². The number of carboxylic acid groups (broad SMARTS) is 1. The number of carboxylic acids is 1. The molecule has 0 fully saturated rings. The van der Waals surface area contributed by atoms with Crippen molar-refractivity contribution in [2.45, 2.75) is 25.0 Å². The maximum Gasteiger partial charge on any atom is 0.573 e. The van der Waals surface area contributed by atoms with Crippen molar-refractivity contribution in [3.8, 4) is 5.75 Å². The number of hydrogen-bond donors (Lipinski definition) is 2. The molecule has 1 unspecified atom stereocenters. The van der Waals surface area contributed by atoms with Crippen LogP contribution in [0.3, 0.4) is 0 Å². The molecule has 0 aliphatic rings. The van der Waals surface area contributed by atoms with E-state index in [1.807, 2.05) is 0 Å². The minimum Gasteiger partial charge on any atom is -0.480 e. The average molecular weight is 345 g/mol. The van der Waals surface area contributed by atoms with E-state index in [1.54, 1.807) is 0 Å². The highest BCUT2D eigenvalue weighted by Crippen LogP contribution is 2.27. The Labute approximate surface area is 124 Å². The normalized spacial score (nSPS) is 13.3. The number of carbonyl (C=O) groups is 2. The summed E-state index contributed by atoms with van der Waals surface area (Å²) < 4.78 is 76.9. The van der Waals surface area contributed by atoms with Crippen molar-refractivity contribution in [2.75, 3.05) is 0 Å². The summed E-state index contributed by atoms with van der Waals surface area (Å²) in [7, 11) is 0. The highest BCUT2D eigenvalue weighted by Gasteiger charge is 2.37. The van der Waals surface area contributed by atoms with Crippen molar-refractivity contribution in [3.05, 3.63) is 29.8 Å². The molecule has 0 saturated carbocycles. The summed E-state index contributed by atoms with van der Waals surface area (Å²) in [5, 5.41) is 10.2. The summed E-state index contributed by atoms with van der Waals surface area (Å²) in [6.07, 6.45) is -11.9. The van der Waals surface area contributed by atoms with E-state index in [0.717, 1.165) is 24.3 Å². The van der Waals surface area contributed by atoms with E-state index < -0.39 is 48.2 Å². The molecule has 0 aliphatic carbocycles. The Morgan fingerprint density at radius 2 is 1.70 bits per heavy atom. The minimum absolute atomic E-state index is 0.752. The van der Waals surface area contributed by atoms with Crippen LogP contribution in [-0.2, 0) is 4.79 Å². The second kappa shape index (κ2) is 6.75. The molecule has 1 rings (SSSR count). The molecule has 0 spiro atoms. The lowest BCUT2D eigenvalue weighted by atomic mass is 10.1. The molecule has 23 heavy (non-hydrogen) atoms. The molecule has 0 heterocycles. The van der Waals surface area contributed by atoms with Gasteiger partial charge in [0.25, 0.3) is 5.91 Å². The summed E-state index contributed by atoms with van der Waals surface area (Å²) in [5.74, 6) is -4.39. The molecule has 1 aromatic rings. The lowest BCUT2D eigenvalue weighted by molar-refractivity contribution is -0.274. The minimum atomic E-state index is -5.13. The molecular formula is C12H9F6NO4. The first kappa shape index (κ1) is 18.6. The Bertz CT molecular complexity index is 584. The van der Waals surface area contributed by atoms with Gasteiger partial charge < -0.3 is 15.2 Å². The van der Waals surface area contributed by atoms with Gasteiger partial charge in [-0.1, -0.05) is 12.1 Å². The number of aliphatic carboxylic acids is 1. The van der Waals surface area contributed by atoms with Crippen molar-refractivity contribution < 1.29 is 45.8 Å². The Morgan fingerprint density at radius 3 is 2.17 bits per heavy atom. The van der Waals surface area contributed by atoms with Gasteiger partial charge in [-0.25, -0.2) is 4.79 Å². The first-order chi connectivity index (χ1) is 10.4. The number of amides is 1. The lowest BCUT2D eigenvalue weighted by Crippen LogP contribution is -2.43. The highest BCUT2D eigenvalue weighted by atomic mass is 19.4. The van der Waals surface area contributed by atoms with Gasteiger partial charge in [0.05, 0.1) is 12.0 Å². The highest BCUT2D eigenvalue weighted by molar-refractivity contribution is 5.98. The summed E-state index contributed by atoms with van der Waals surface area (Å²) in [5.41, 5.74) is -0.752. The Kier molecular flexibility index (Phi) is 5.46. The van der Waals surface area contributed by atoms with Gasteiger partial charge >= 0.3 is 18.5 Å². The van der Waals surface area contributed by atoms with Crippen LogP contribution in [0, 0.1) is 0 Å². The van der Waals surface area contributed by atoms with E-state index in [4.69, 9.17) is 5.11 Å². The summed E-state index contributed by atoms with van der Waals surface area (Å²) >= 11 is 0. The van der Waals surface area contributed by atoms with Crippen molar-refractivity contribution in [2.24, 2.45) is 0 Å². The molecule has 0 saturated heterocycles. The molecule has 0 aromatic heterocycles. The molecule has 11 heteroatoms. The number of benzene rings is 1. The van der Waals surface area contributed by atoms with Crippen LogP contribution in [0.4, 0.5) is 26.3 Å². The standard InChI is InChI=1S/C12H9F6NO4/c13-11(14,15)5-7(10(21)22)19-9(20)6-3-1-2-4-8(6)23-12(16,17)18/h1-4,7H,5H2,(H,19,20)(H,21,22). The average Bonchev–Trinajstić information content (AvgIpc) is 2.34. The molecular weight excluding hydrogens is 336 g/mol. The Morgan fingerprint density at radius 1 is 1.13 bits per heavy atom. The lowest BCUT2D eigenvalue weighted by Gasteiger charge is -2.18. The molecule has 1 aromatic carbocycles. The number of carbonyl (C=O) groups excluding carboxylic acids is 1. The van der Waals surface area contributed by atoms with Crippen LogP contribution in [0.15, 0.2) is 24.3 Å². The van der Waals surface area contributed by atoms with Gasteiger partial charge in [-0.05, 0) is 12.1 Å². The molecule has 0 aliphatic heterocycles. The number of para-hydroxylation sites is 1. The number of alkyl halides is 6. The first-order valence-corrected chi connectivity index (χ1v) is 5.84. The predicted molar refractivity (Wildman–Crippen MR) is 62.7 cm³/mol. The SMILES string of the molecule is O=C(NC(CC(F)(F)F)C(=O)O)c1ccccc1OC(F)(F)F. The predicted octanol–water partition coefficient (Wildman–Crippen LogP) is 2.72. The molecule has 1 atom stereocenters. The second-order valence-corrected chi connectivity index (χ2v) is 4.23. The zero-order valence-corrected chi connectivity index (χ0v) is 11.0. The molecule has 1 amide bonds. The number of rotatable bonds is 5. The van der Waals surface area contributed by atoms with Crippen molar-refractivity contribution in [3.63, 3.8) is 0 Å². The second-order valence-electron chi connectivity index (χ2n) is 4.23. The number of ether oxygens (including phenoxy) is 1. The maximum atomic E-state index is 12.2. The summed E-state index contributed by atoms with van der Waals surface area (Å²) in [6, 6.07) is 1.51. The van der Waals surface area contributed by atoms with Crippen LogP contribution in [0.5, 0.6) is 5.75 Å². The molecule has 0 bridgehead atoms. The first-order valence-electron chi connectivity index (χ1n) is 5.84. The number of nitrogens with one attached hydrogen (secondary N) is 1. The third kappa shape index (κ3) is 6.45. The third-order valence-corrected chi connectivity index (χ3v) is 2.40. The van der Waals surface area contributed by atoms with E-state index in [1.165, 1.54) is 5.32 Å². The Balaban J connectivity index is 2.98. The third-order valence-electron chi connectivity index (χ3n) is 2.40. The van der Waals surface area contributed by atoms with Crippen LogP contribution in [0.25, 0.3) is 0 Å². The largest absolute Gasteiger partial charge is 0.573 e. The van der Waals surface area contributed by atoms with Crippen LogP contribution >= 0.6 is 0 Å². The Hall–Kier alpha value is -2.46. The van der Waals surface area contributed by atoms with E-state index >= 15 is 0 Å². The maximum absolute atomic E-state index is 12.2. The molecule has 5 nitrogen and oxygen atoms in total. The zero-order valence-electron chi connectivity index (χ0n) is 11.0. The van der Waals surface area contributed by atoms with E-state index in [2.05, 4.69) is 4.74 Å². The van der Waals surface area contributed by atoms with E-state index in [9.17, 15) is 35.9 Å². The van der Waals surface area contributed by atoms with Gasteiger partial charge in [-0.15, -0.1) is 13.2 Å². The smallest absolute Gasteiger partial charge is 0.480 e. The van der Waals surface area contributed by atoms with Crippen LogP contribution in [-0.4, -0.2) is 35.6 Å². The fourth-order valence-electron chi connectivity index (χ4n) is 1.54. The van der Waals surface area contributed by atoms with Gasteiger partial charge in [-0.3, -0.25) is 4.79 Å². The van der Waals surface area contributed by atoms with Crippen molar-refractivity contribution in [1.29, 1.82) is 0 Å². The van der Waals surface area contributed by atoms with Crippen LogP contribution in [0.1, 0.15) is 16.8 Å².